The van der Waals surface area contributed by atoms with Crippen LogP contribution in [-0.2, 0) is 4.79 Å². The topological polar surface area (TPSA) is 87.2 Å². The van der Waals surface area contributed by atoms with Gasteiger partial charge in [-0.15, -0.1) is 0 Å². The lowest BCUT2D eigenvalue weighted by atomic mass is 9.95. The lowest BCUT2D eigenvalue weighted by molar-refractivity contribution is -0.137. The van der Waals surface area contributed by atoms with E-state index in [1.54, 1.807) is 19.4 Å². The van der Waals surface area contributed by atoms with E-state index in [0.717, 1.165) is 62.2 Å². The number of carbonyl (C=O) groups is 1. The number of nitrogens with one attached hydrogen (secondary N) is 1. The number of likely N-dealkylation sites (tertiary alicyclic amines) is 1. The van der Waals surface area contributed by atoms with Gasteiger partial charge in [-0.2, -0.15) is 4.98 Å². The van der Waals surface area contributed by atoms with Gasteiger partial charge in [0.1, 0.15) is 5.82 Å². The van der Waals surface area contributed by atoms with Crippen molar-refractivity contribution < 1.29 is 9.53 Å². The van der Waals surface area contributed by atoms with E-state index in [1.807, 2.05) is 29.2 Å². The van der Waals surface area contributed by atoms with Crippen LogP contribution >= 0.6 is 0 Å². The minimum absolute atomic E-state index is 0.0387. The fourth-order valence-electron chi connectivity index (χ4n) is 4.60. The molecule has 2 aliphatic rings. The molecule has 156 valence electrons. The fourth-order valence-corrected chi connectivity index (χ4v) is 4.60. The molecule has 0 spiro atoms. The van der Waals surface area contributed by atoms with Crippen LogP contribution in [0.25, 0.3) is 11.0 Å². The summed E-state index contributed by atoms with van der Waals surface area (Å²) in [6.07, 6.45) is 5.30. The third-order valence-corrected chi connectivity index (χ3v) is 6.21. The maximum absolute atomic E-state index is 13.4. The second kappa shape index (κ2) is 7.93. The van der Waals surface area contributed by atoms with Crippen LogP contribution in [0.4, 0.5) is 5.95 Å². The molecule has 0 saturated carbocycles. The maximum atomic E-state index is 13.4. The first-order valence-electron chi connectivity index (χ1n) is 10.6. The quantitative estimate of drug-likeness (QED) is 0.717. The summed E-state index contributed by atoms with van der Waals surface area (Å²) in [4.78, 5) is 34.5. The highest BCUT2D eigenvalue weighted by molar-refractivity contribution is 5.80. The number of rotatable bonds is 4. The zero-order valence-electron chi connectivity index (χ0n) is 17.1. The van der Waals surface area contributed by atoms with E-state index in [9.17, 15) is 4.79 Å². The molecule has 30 heavy (non-hydrogen) atoms. The third kappa shape index (κ3) is 3.46. The molecule has 5 rings (SSSR count). The molecule has 3 aromatic rings. The molecule has 0 radical (unpaired) electrons. The molecule has 4 heterocycles. The standard InChI is InChI=1S/C22H26N6O2/c1-30-19-8-11-23-22(26-19)27-13-9-15(10-14-27)21(29)28-12-4-7-18(28)20-24-16-5-2-3-6-17(16)25-20/h2-3,5-6,8,11,15,18H,4,7,9-10,12-14H2,1H3,(H,24,25). The number of ether oxygens (including phenoxy) is 1. The first kappa shape index (κ1) is 18.8. The van der Waals surface area contributed by atoms with E-state index in [0.29, 0.717) is 11.8 Å². The van der Waals surface area contributed by atoms with Crippen LogP contribution in [-0.4, -0.2) is 57.5 Å². The van der Waals surface area contributed by atoms with Crippen LogP contribution in [0.3, 0.4) is 0 Å². The minimum atomic E-state index is 0.0387. The van der Waals surface area contributed by atoms with Crippen molar-refractivity contribution in [1.82, 2.24) is 24.8 Å². The fraction of sp³-hybridized carbons (Fsp3) is 0.455. The number of para-hydroxylation sites is 2. The molecule has 0 bridgehead atoms. The van der Waals surface area contributed by atoms with E-state index < -0.39 is 0 Å². The predicted octanol–water partition coefficient (Wildman–Crippen LogP) is 2.94. The summed E-state index contributed by atoms with van der Waals surface area (Å²) < 4.78 is 5.20. The van der Waals surface area contributed by atoms with Crippen LogP contribution in [0.1, 0.15) is 37.5 Å². The van der Waals surface area contributed by atoms with Gasteiger partial charge in [0.25, 0.3) is 0 Å². The van der Waals surface area contributed by atoms with E-state index >= 15 is 0 Å². The van der Waals surface area contributed by atoms with Gasteiger partial charge < -0.3 is 19.5 Å². The lowest BCUT2D eigenvalue weighted by Crippen LogP contribution is -2.43. The molecule has 8 nitrogen and oxygen atoms in total. The number of imidazole rings is 1. The van der Waals surface area contributed by atoms with Gasteiger partial charge in [-0.05, 0) is 37.8 Å². The van der Waals surface area contributed by atoms with Crippen molar-refractivity contribution in [3.63, 3.8) is 0 Å². The summed E-state index contributed by atoms with van der Waals surface area (Å²) in [5, 5.41) is 0. The number of aromatic nitrogens is 4. The number of aromatic amines is 1. The van der Waals surface area contributed by atoms with Crippen LogP contribution < -0.4 is 9.64 Å². The monoisotopic (exact) mass is 406 g/mol. The maximum Gasteiger partial charge on any atom is 0.228 e. The van der Waals surface area contributed by atoms with E-state index in [2.05, 4.69) is 19.9 Å². The smallest absolute Gasteiger partial charge is 0.228 e. The lowest BCUT2D eigenvalue weighted by Gasteiger charge is -2.34. The summed E-state index contributed by atoms with van der Waals surface area (Å²) in [5.41, 5.74) is 1.98. The summed E-state index contributed by atoms with van der Waals surface area (Å²) in [6, 6.07) is 9.82. The highest BCUT2D eigenvalue weighted by atomic mass is 16.5. The summed E-state index contributed by atoms with van der Waals surface area (Å²) in [7, 11) is 1.60. The number of nitrogens with zero attached hydrogens (tertiary/aromatic N) is 5. The first-order chi connectivity index (χ1) is 14.7. The van der Waals surface area contributed by atoms with Crippen LogP contribution in [0.15, 0.2) is 36.5 Å². The minimum Gasteiger partial charge on any atom is -0.481 e. The molecule has 1 N–H and O–H groups in total. The Kier molecular flexibility index (Phi) is 4.98. The number of fused-ring (bicyclic) bond motifs is 1. The van der Waals surface area contributed by atoms with Gasteiger partial charge in [0.05, 0.1) is 24.2 Å². The predicted molar refractivity (Wildman–Crippen MR) is 113 cm³/mol. The summed E-state index contributed by atoms with van der Waals surface area (Å²) in [6.45, 7) is 2.35. The Balaban J connectivity index is 1.26. The Bertz CT molecular complexity index is 1010. The number of H-pyrrole nitrogens is 1. The van der Waals surface area contributed by atoms with E-state index in [4.69, 9.17) is 9.72 Å². The van der Waals surface area contributed by atoms with E-state index in [-0.39, 0.29) is 17.9 Å². The molecule has 2 aliphatic heterocycles. The summed E-state index contributed by atoms with van der Waals surface area (Å²) in [5.74, 6) is 2.43. The molecule has 1 amide bonds. The molecule has 2 aromatic heterocycles. The average molecular weight is 406 g/mol. The van der Waals surface area contributed by atoms with Gasteiger partial charge in [-0.3, -0.25) is 4.79 Å². The Morgan fingerprint density at radius 1 is 1.10 bits per heavy atom. The number of benzene rings is 1. The van der Waals surface area contributed by atoms with Crippen LogP contribution in [0.5, 0.6) is 5.88 Å². The Hall–Kier alpha value is -3.16. The first-order valence-corrected chi connectivity index (χ1v) is 10.6. The van der Waals surface area contributed by atoms with Crippen molar-refractivity contribution in [1.29, 1.82) is 0 Å². The second-order valence-corrected chi connectivity index (χ2v) is 7.99. The number of hydrogen-bond donors (Lipinski definition) is 1. The number of methoxy groups -OCH3 is 1. The molecule has 2 saturated heterocycles. The van der Waals surface area contributed by atoms with Crippen molar-refractivity contribution in [3.8, 4) is 5.88 Å². The molecule has 8 heteroatoms. The molecule has 2 fully saturated rings. The molecule has 1 aromatic carbocycles. The highest BCUT2D eigenvalue weighted by Gasteiger charge is 2.37. The van der Waals surface area contributed by atoms with Crippen molar-refractivity contribution >= 4 is 22.9 Å². The van der Waals surface area contributed by atoms with Crippen molar-refractivity contribution in [2.24, 2.45) is 5.92 Å². The third-order valence-electron chi connectivity index (χ3n) is 6.21. The van der Waals surface area contributed by atoms with E-state index in [1.165, 1.54) is 0 Å². The number of hydrogen-bond acceptors (Lipinski definition) is 6. The number of piperidine rings is 1. The highest BCUT2D eigenvalue weighted by Crippen LogP contribution is 2.34. The van der Waals surface area contributed by atoms with Crippen molar-refractivity contribution in [2.45, 2.75) is 31.7 Å². The second-order valence-electron chi connectivity index (χ2n) is 7.99. The largest absolute Gasteiger partial charge is 0.481 e. The van der Waals surface area contributed by atoms with Gasteiger partial charge in [0.2, 0.25) is 17.7 Å². The van der Waals surface area contributed by atoms with Crippen LogP contribution in [0.2, 0.25) is 0 Å². The Labute approximate surface area is 175 Å². The zero-order chi connectivity index (χ0) is 20.5. The normalized spacial score (nSPS) is 20.1. The summed E-state index contributed by atoms with van der Waals surface area (Å²) >= 11 is 0. The average Bonchev–Trinajstić information content (AvgIpc) is 3.45. The zero-order valence-corrected chi connectivity index (χ0v) is 17.1. The molecular formula is C22H26N6O2. The SMILES string of the molecule is COc1ccnc(N2CCC(C(=O)N3CCCC3c3nc4ccccc4[nH]3)CC2)n1. The number of carbonyl (C=O) groups excluding carboxylic acids is 1. The van der Waals surface area contributed by atoms with Gasteiger partial charge in [0.15, 0.2) is 0 Å². The molecule has 1 unspecified atom stereocenters. The molecule has 1 atom stereocenters. The van der Waals surface area contributed by atoms with Gasteiger partial charge >= 0.3 is 0 Å². The Morgan fingerprint density at radius 2 is 1.93 bits per heavy atom. The number of anilines is 1. The Morgan fingerprint density at radius 3 is 2.73 bits per heavy atom. The van der Waals surface area contributed by atoms with Gasteiger partial charge in [-0.1, -0.05) is 12.1 Å². The van der Waals surface area contributed by atoms with Crippen LogP contribution in [0, 0.1) is 5.92 Å². The van der Waals surface area contributed by atoms with Crippen molar-refractivity contribution in [2.75, 3.05) is 31.6 Å². The van der Waals surface area contributed by atoms with Gasteiger partial charge in [0, 0.05) is 37.8 Å². The number of amides is 1. The molecule has 0 aliphatic carbocycles. The molecular weight excluding hydrogens is 380 g/mol. The van der Waals surface area contributed by atoms with Crippen molar-refractivity contribution in [3.05, 3.63) is 42.4 Å². The van der Waals surface area contributed by atoms with Gasteiger partial charge in [-0.25, -0.2) is 9.97 Å².